The Bertz CT molecular complexity index is 880. The van der Waals surface area contributed by atoms with E-state index in [0.717, 1.165) is 11.3 Å². The van der Waals surface area contributed by atoms with Crippen molar-refractivity contribution in [2.45, 2.75) is 6.04 Å². The van der Waals surface area contributed by atoms with Crippen LogP contribution in [-0.2, 0) is 0 Å². The molecule has 0 saturated carbocycles. The van der Waals surface area contributed by atoms with E-state index in [9.17, 15) is 9.18 Å². The zero-order valence-corrected chi connectivity index (χ0v) is 9.72. The van der Waals surface area contributed by atoms with Crippen LogP contribution in [0.15, 0.2) is 35.4 Å². The summed E-state index contributed by atoms with van der Waals surface area (Å²) < 4.78 is 15.0. The molecule has 94 valence electrons. The summed E-state index contributed by atoms with van der Waals surface area (Å²) in [6.45, 7) is 0. The van der Waals surface area contributed by atoms with Crippen molar-refractivity contribution in [3.63, 3.8) is 0 Å². The van der Waals surface area contributed by atoms with E-state index in [0.29, 0.717) is 16.9 Å². The van der Waals surface area contributed by atoms with Crippen molar-refractivity contribution in [2.24, 2.45) is 5.73 Å². The standard InChI is InChI=1S/C13H9FN4O/c14-6-1-2-7-8(5-6)9(15)11-10(7)17-13(19)12-16-3-4-18(11)12/h1-5,9H,15H2,(H,17,19). The van der Waals surface area contributed by atoms with Crippen LogP contribution < -0.4 is 11.3 Å². The van der Waals surface area contributed by atoms with Crippen LogP contribution in [-0.4, -0.2) is 14.4 Å². The van der Waals surface area contributed by atoms with Gasteiger partial charge in [0, 0.05) is 18.0 Å². The molecule has 1 aliphatic rings. The number of nitrogens with two attached hydrogens (primary N) is 1. The summed E-state index contributed by atoms with van der Waals surface area (Å²) in [6.07, 6.45) is 3.23. The lowest BCUT2D eigenvalue weighted by molar-refractivity contribution is 0.624. The number of aromatic amines is 1. The van der Waals surface area contributed by atoms with Gasteiger partial charge in [0.2, 0.25) is 5.65 Å². The minimum atomic E-state index is -0.478. The molecule has 1 atom stereocenters. The molecule has 1 unspecified atom stereocenters. The van der Waals surface area contributed by atoms with E-state index in [1.54, 1.807) is 22.9 Å². The molecule has 1 aliphatic carbocycles. The molecule has 0 bridgehead atoms. The molecule has 2 heterocycles. The van der Waals surface area contributed by atoms with Crippen LogP contribution in [0.2, 0.25) is 0 Å². The smallest absolute Gasteiger partial charge is 0.292 e. The number of hydrogen-bond donors (Lipinski definition) is 2. The third kappa shape index (κ3) is 1.21. The Hall–Kier alpha value is -2.47. The van der Waals surface area contributed by atoms with E-state index in [2.05, 4.69) is 9.97 Å². The summed E-state index contributed by atoms with van der Waals surface area (Å²) in [6, 6.07) is 3.92. The first kappa shape index (κ1) is 10.5. The number of benzene rings is 1. The fourth-order valence-electron chi connectivity index (χ4n) is 2.70. The van der Waals surface area contributed by atoms with Gasteiger partial charge in [0.15, 0.2) is 0 Å². The topological polar surface area (TPSA) is 76.2 Å². The van der Waals surface area contributed by atoms with Crippen LogP contribution in [0.5, 0.6) is 0 Å². The van der Waals surface area contributed by atoms with Gasteiger partial charge < -0.3 is 10.7 Å². The molecule has 0 amide bonds. The lowest BCUT2D eigenvalue weighted by Gasteiger charge is -2.08. The normalized spacial score (nSPS) is 16.6. The van der Waals surface area contributed by atoms with Gasteiger partial charge in [-0.15, -0.1) is 0 Å². The highest BCUT2D eigenvalue weighted by Crippen LogP contribution is 2.40. The predicted molar refractivity (Wildman–Crippen MR) is 67.2 cm³/mol. The van der Waals surface area contributed by atoms with Gasteiger partial charge in [0.25, 0.3) is 5.56 Å². The van der Waals surface area contributed by atoms with E-state index in [-0.39, 0.29) is 11.4 Å². The molecule has 3 aromatic rings. The van der Waals surface area contributed by atoms with Crippen molar-refractivity contribution >= 4 is 5.65 Å². The van der Waals surface area contributed by atoms with Gasteiger partial charge in [-0.1, -0.05) is 0 Å². The fraction of sp³-hybridized carbons (Fsp3) is 0.0769. The third-order valence-electron chi connectivity index (χ3n) is 3.51. The minimum absolute atomic E-state index is 0.284. The summed E-state index contributed by atoms with van der Waals surface area (Å²) in [7, 11) is 0. The van der Waals surface area contributed by atoms with E-state index in [1.807, 2.05) is 0 Å². The summed E-state index contributed by atoms with van der Waals surface area (Å²) in [5.74, 6) is -0.341. The maximum atomic E-state index is 13.3. The molecule has 0 radical (unpaired) electrons. The van der Waals surface area contributed by atoms with Gasteiger partial charge in [-0.3, -0.25) is 9.20 Å². The number of aromatic nitrogens is 3. The lowest BCUT2D eigenvalue weighted by Crippen LogP contribution is -2.18. The molecule has 5 nitrogen and oxygen atoms in total. The number of hydrogen-bond acceptors (Lipinski definition) is 3. The molecule has 1 aromatic carbocycles. The molecule has 6 heteroatoms. The van der Waals surface area contributed by atoms with Gasteiger partial charge >= 0.3 is 0 Å². The van der Waals surface area contributed by atoms with Crippen molar-refractivity contribution in [3.8, 4) is 11.3 Å². The molecule has 19 heavy (non-hydrogen) atoms. The van der Waals surface area contributed by atoms with Crippen LogP contribution in [0, 0.1) is 5.82 Å². The first-order chi connectivity index (χ1) is 9.16. The Morgan fingerprint density at radius 2 is 2.26 bits per heavy atom. The van der Waals surface area contributed by atoms with Crippen molar-refractivity contribution in [2.75, 3.05) is 0 Å². The molecule has 0 fully saturated rings. The highest BCUT2D eigenvalue weighted by Gasteiger charge is 2.30. The second-order valence-corrected chi connectivity index (χ2v) is 4.54. The SMILES string of the molecule is NC1c2cc(F)ccc2-c2[nH]c(=O)c3nccn3c21. The van der Waals surface area contributed by atoms with Crippen LogP contribution in [0.25, 0.3) is 16.9 Å². The Labute approximate surface area is 106 Å². The lowest BCUT2D eigenvalue weighted by atomic mass is 10.1. The zero-order valence-electron chi connectivity index (χ0n) is 9.72. The van der Waals surface area contributed by atoms with Crippen LogP contribution >= 0.6 is 0 Å². The number of rotatable bonds is 0. The first-order valence-corrected chi connectivity index (χ1v) is 5.81. The molecule has 2 aromatic heterocycles. The second kappa shape index (κ2) is 3.30. The summed E-state index contributed by atoms with van der Waals surface area (Å²) in [5, 5.41) is 0. The monoisotopic (exact) mass is 256 g/mol. The van der Waals surface area contributed by atoms with Crippen molar-refractivity contribution in [3.05, 3.63) is 58.0 Å². The maximum absolute atomic E-state index is 13.3. The predicted octanol–water partition coefficient (Wildman–Crippen LogP) is 1.19. The van der Waals surface area contributed by atoms with Gasteiger partial charge in [0.05, 0.1) is 17.4 Å². The van der Waals surface area contributed by atoms with Crippen molar-refractivity contribution in [1.82, 2.24) is 14.4 Å². The Kier molecular flexibility index (Phi) is 1.81. The summed E-state index contributed by atoms with van der Waals surface area (Å²) in [4.78, 5) is 18.7. The van der Waals surface area contributed by atoms with E-state index >= 15 is 0 Å². The van der Waals surface area contributed by atoms with Crippen molar-refractivity contribution in [1.29, 1.82) is 0 Å². The zero-order chi connectivity index (χ0) is 13.1. The maximum Gasteiger partial charge on any atom is 0.292 e. The molecule has 3 N–H and O–H groups in total. The molecular formula is C13H9FN4O. The van der Waals surface area contributed by atoms with Gasteiger partial charge in [0.1, 0.15) is 5.82 Å². The number of imidazole rings is 1. The largest absolute Gasteiger partial charge is 0.319 e. The van der Waals surface area contributed by atoms with E-state index in [4.69, 9.17) is 5.73 Å². The van der Waals surface area contributed by atoms with Gasteiger partial charge in [-0.2, -0.15) is 0 Å². The van der Waals surface area contributed by atoms with E-state index < -0.39 is 6.04 Å². The molecule has 0 aliphatic heterocycles. The van der Waals surface area contributed by atoms with Crippen molar-refractivity contribution < 1.29 is 4.39 Å². The van der Waals surface area contributed by atoms with Crippen LogP contribution in [0.3, 0.4) is 0 Å². The highest BCUT2D eigenvalue weighted by atomic mass is 19.1. The number of nitrogens with one attached hydrogen (secondary N) is 1. The number of nitrogens with zero attached hydrogens (tertiary/aromatic N) is 2. The summed E-state index contributed by atoms with van der Waals surface area (Å²) in [5.41, 5.74) is 8.97. The molecule has 0 saturated heterocycles. The first-order valence-electron chi connectivity index (χ1n) is 5.81. The molecule has 4 rings (SSSR count). The third-order valence-corrected chi connectivity index (χ3v) is 3.51. The number of fused-ring (bicyclic) bond motifs is 5. The molecule has 0 spiro atoms. The van der Waals surface area contributed by atoms with Crippen LogP contribution in [0.4, 0.5) is 4.39 Å². The average molecular weight is 256 g/mol. The summed E-state index contributed by atoms with van der Waals surface area (Å²) >= 11 is 0. The van der Waals surface area contributed by atoms with E-state index in [1.165, 1.54) is 12.1 Å². The second-order valence-electron chi connectivity index (χ2n) is 4.54. The highest BCUT2D eigenvalue weighted by molar-refractivity contribution is 5.75. The number of halogens is 1. The van der Waals surface area contributed by atoms with Crippen LogP contribution in [0.1, 0.15) is 17.3 Å². The minimum Gasteiger partial charge on any atom is -0.319 e. The Morgan fingerprint density at radius 1 is 1.42 bits per heavy atom. The fourth-order valence-corrected chi connectivity index (χ4v) is 2.70. The Morgan fingerprint density at radius 3 is 3.11 bits per heavy atom. The van der Waals surface area contributed by atoms with Gasteiger partial charge in [-0.05, 0) is 23.8 Å². The average Bonchev–Trinajstić information content (AvgIpc) is 2.95. The Balaban J connectivity index is 2.18. The number of H-pyrrole nitrogens is 1. The van der Waals surface area contributed by atoms with Gasteiger partial charge in [-0.25, -0.2) is 9.37 Å². The quantitative estimate of drug-likeness (QED) is 0.634. The molecular weight excluding hydrogens is 247 g/mol.